The molecule has 0 saturated carbocycles. The van der Waals surface area contributed by atoms with Crippen molar-refractivity contribution in [2.24, 2.45) is 0 Å². The summed E-state index contributed by atoms with van der Waals surface area (Å²) in [6.07, 6.45) is 0.273. The fraction of sp³-hybridized carbons (Fsp3) is 0.231. The highest BCUT2D eigenvalue weighted by Gasteiger charge is 2.23. The maximum absolute atomic E-state index is 14.3. The van der Waals surface area contributed by atoms with E-state index >= 15 is 0 Å². The predicted octanol–water partition coefficient (Wildman–Crippen LogP) is 5.40. The topological polar surface area (TPSA) is 46.9 Å². The van der Waals surface area contributed by atoms with Crippen LogP contribution < -0.4 is 5.32 Å². The Balaban J connectivity index is 1.68. The summed E-state index contributed by atoms with van der Waals surface area (Å²) >= 11 is 0. The number of hydrogen-bond donors (Lipinski definition) is 1. The zero-order chi connectivity index (χ0) is 22.8. The molecule has 0 aliphatic carbocycles. The number of aromatic nitrogens is 2. The molecule has 4 nitrogen and oxygen atoms in total. The van der Waals surface area contributed by atoms with Gasteiger partial charge in [-0.3, -0.25) is 4.79 Å². The van der Waals surface area contributed by atoms with Gasteiger partial charge in [-0.1, -0.05) is 30.3 Å². The lowest BCUT2D eigenvalue weighted by molar-refractivity contribution is -0.124. The van der Waals surface area contributed by atoms with E-state index in [-0.39, 0.29) is 30.5 Å². The highest BCUT2D eigenvalue weighted by molar-refractivity contribution is 5.85. The smallest absolute Gasteiger partial charge is 0.243 e. The van der Waals surface area contributed by atoms with Crippen LogP contribution in [0.5, 0.6) is 0 Å². The first kappa shape index (κ1) is 21.7. The summed E-state index contributed by atoms with van der Waals surface area (Å²) < 4.78 is 29.4. The number of fused-ring (bicyclic) bond motifs is 1. The lowest BCUT2D eigenvalue weighted by atomic mass is 10.1. The third-order valence-corrected chi connectivity index (χ3v) is 5.83. The number of carbonyl (C=O) groups excluding carboxylic acids is 1. The molecule has 1 heterocycles. The molecule has 0 radical (unpaired) electrons. The summed E-state index contributed by atoms with van der Waals surface area (Å²) in [6, 6.07) is 16.1. The van der Waals surface area contributed by atoms with Crippen LogP contribution in [0.2, 0.25) is 0 Å². The predicted molar refractivity (Wildman–Crippen MR) is 121 cm³/mol. The highest BCUT2D eigenvalue weighted by atomic mass is 19.1. The Bertz CT molecular complexity index is 1280. The van der Waals surface area contributed by atoms with Gasteiger partial charge >= 0.3 is 0 Å². The number of aryl methyl sites for hydroxylation is 2. The van der Waals surface area contributed by atoms with Gasteiger partial charge < -0.3 is 9.88 Å². The molecule has 0 spiro atoms. The SMILES string of the molecule is Cc1cc2nc(Cc3ccccc3F)n([C@@H](C)C(=O)NCc3ccc(F)cc3)c2cc1C. The Kier molecular flexibility index (Phi) is 6.04. The van der Waals surface area contributed by atoms with E-state index in [0.717, 1.165) is 27.7 Å². The van der Waals surface area contributed by atoms with Crippen molar-refractivity contribution in [2.45, 2.75) is 39.8 Å². The molecule has 32 heavy (non-hydrogen) atoms. The van der Waals surface area contributed by atoms with Crippen molar-refractivity contribution in [3.63, 3.8) is 0 Å². The second-order valence-electron chi connectivity index (χ2n) is 8.11. The second-order valence-corrected chi connectivity index (χ2v) is 8.11. The number of nitrogens with zero attached hydrogens (tertiary/aromatic N) is 2. The van der Waals surface area contributed by atoms with Crippen molar-refractivity contribution in [3.8, 4) is 0 Å². The standard InChI is InChI=1S/C26H25F2N3O/c1-16-12-23-24(13-17(16)2)31(25(30-23)14-20-6-4-5-7-22(20)28)18(3)26(32)29-15-19-8-10-21(27)11-9-19/h4-13,18H,14-15H2,1-3H3,(H,29,32)/t18-/m0/s1. The van der Waals surface area contributed by atoms with Gasteiger partial charge in [-0.05, 0) is 73.4 Å². The monoisotopic (exact) mass is 433 g/mol. The molecule has 1 amide bonds. The Labute approximate surface area is 185 Å². The van der Waals surface area contributed by atoms with Crippen LogP contribution in [-0.4, -0.2) is 15.5 Å². The number of amides is 1. The Morgan fingerprint density at radius 2 is 1.72 bits per heavy atom. The van der Waals surface area contributed by atoms with Gasteiger partial charge in [0.2, 0.25) is 5.91 Å². The summed E-state index contributed by atoms with van der Waals surface area (Å²) in [5.74, 6) is -0.185. The average molecular weight is 434 g/mol. The van der Waals surface area contributed by atoms with Crippen LogP contribution in [-0.2, 0) is 17.8 Å². The third-order valence-electron chi connectivity index (χ3n) is 5.83. The van der Waals surface area contributed by atoms with E-state index in [1.807, 2.05) is 30.5 Å². The number of carbonyl (C=O) groups is 1. The van der Waals surface area contributed by atoms with E-state index in [9.17, 15) is 13.6 Å². The quantitative estimate of drug-likeness (QED) is 0.443. The molecule has 0 unspecified atom stereocenters. The van der Waals surface area contributed by atoms with Crippen LogP contribution in [0.25, 0.3) is 11.0 Å². The molecule has 1 N–H and O–H groups in total. The van der Waals surface area contributed by atoms with Crippen molar-refractivity contribution in [1.29, 1.82) is 0 Å². The Morgan fingerprint density at radius 3 is 2.44 bits per heavy atom. The van der Waals surface area contributed by atoms with E-state index in [2.05, 4.69) is 5.32 Å². The van der Waals surface area contributed by atoms with Gasteiger partial charge in [-0.25, -0.2) is 13.8 Å². The van der Waals surface area contributed by atoms with Gasteiger partial charge in [0.15, 0.2) is 0 Å². The fourth-order valence-corrected chi connectivity index (χ4v) is 3.83. The van der Waals surface area contributed by atoms with Gasteiger partial charge in [0.05, 0.1) is 11.0 Å². The van der Waals surface area contributed by atoms with Crippen molar-refractivity contribution in [2.75, 3.05) is 0 Å². The number of rotatable bonds is 6. The normalized spacial score (nSPS) is 12.2. The van der Waals surface area contributed by atoms with E-state index in [4.69, 9.17) is 4.98 Å². The molecule has 4 rings (SSSR count). The first-order valence-electron chi connectivity index (χ1n) is 10.6. The number of nitrogens with one attached hydrogen (secondary N) is 1. The highest BCUT2D eigenvalue weighted by Crippen LogP contribution is 2.26. The molecule has 164 valence electrons. The molecule has 0 saturated heterocycles. The molecule has 0 aliphatic heterocycles. The van der Waals surface area contributed by atoms with Crippen LogP contribution in [0.1, 0.15) is 41.0 Å². The first-order chi connectivity index (χ1) is 15.3. The third kappa shape index (κ3) is 4.40. The molecule has 4 aromatic rings. The van der Waals surface area contributed by atoms with Gasteiger partial charge in [0, 0.05) is 13.0 Å². The average Bonchev–Trinajstić information content (AvgIpc) is 3.11. The van der Waals surface area contributed by atoms with Gasteiger partial charge in [0.25, 0.3) is 0 Å². The summed E-state index contributed by atoms with van der Waals surface area (Å²) in [7, 11) is 0. The van der Waals surface area contributed by atoms with Crippen molar-refractivity contribution < 1.29 is 13.6 Å². The minimum absolute atomic E-state index is 0.193. The van der Waals surface area contributed by atoms with Crippen LogP contribution in [0.4, 0.5) is 8.78 Å². The Morgan fingerprint density at radius 1 is 1.03 bits per heavy atom. The van der Waals surface area contributed by atoms with Crippen molar-refractivity contribution >= 4 is 16.9 Å². The molecule has 6 heteroatoms. The molecule has 1 atom stereocenters. The van der Waals surface area contributed by atoms with Crippen molar-refractivity contribution in [1.82, 2.24) is 14.9 Å². The van der Waals surface area contributed by atoms with Gasteiger partial charge in [-0.15, -0.1) is 0 Å². The zero-order valence-corrected chi connectivity index (χ0v) is 18.3. The number of halogens is 2. The van der Waals surface area contributed by atoms with Crippen LogP contribution >= 0.6 is 0 Å². The molecular weight excluding hydrogens is 408 g/mol. The lowest BCUT2D eigenvalue weighted by Gasteiger charge is -2.18. The van der Waals surface area contributed by atoms with E-state index in [1.165, 1.54) is 18.2 Å². The number of imidazole rings is 1. The minimum Gasteiger partial charge on any atom is -0.350 e. The van der Waals surface area contributed by atoms with Crippen molar-refractivity contribution in [3.05, 3.63) is 100 Å². The fourth-order valence-electron chi connectivity index (χ4n) is 3.83. The largest absolute Gasteiger partial charge is 0.350 e. The minimum atomic E-state index is -0.565. The summed E-state index contributed by atoms with van der Waals surface area (Å²) in [6.45, 7) is 6.13. The molecule has 0 aliphatic rings. The maximum atomic E-state index is 14.3. The maximum Gasteiger partial charge on any atom is 0.243 e. The van der Waals surface area contributed by atoms with Crippen LogP contribution in [0.3, 0.4) is 0 Å². The molecule has 0 bridgehead atoms. The number of benzene rings is 3. The molecular formula is C26H25F2N3O. The molecule has 1 aromatic heterocycles. The van der Waals surface area contributed by atoms with E-state index in [1.54, 1.807) is 37.3 Å². The second kappa shape index (κ2) is 8.91. The van der Waals surface area contributed by atoms with Gasteiger partial charge in [-0.2, -0.15) is 0 Å². The zero-order valence-electron chi connectivity index (χ0n) is 18.3. The molecule has 3 aromatic carbocycles. The van der Waals surface area contributed by atoms with E-state index < -0.39 is 6.04 Å². The van der Waals surface area contributed by atoms with Crippen LogP contribution in [0.15, 0.2) is 60.7 Å². The van der Waals surface area contributed by atoms with Crippen LogP contribution in [0, 0.1) is 25.5 Å². The summed E-state index contributed by atoms with van der Waals surface area (Å²) in [5.41, 5.74) is 5.14. The summed E-state index contributed by atoms with van der Waals surface area (Å²) in [5, 5.41) is 2.92. The lowest BCUT2D eigenvalue weighted by Crippen LogP contribution is -2.31. The first-order valence-corrected chi connectivity index (χ1v) is 10.6. The van der Waals surface area contributed by atoms with E-state index in [0.29, 0.717) is 11.4 Å². The molecule has 0 fully saturated rings. The Hall–Kier alpha value is -3.54. The van der Waals surface area contributed by atoms with Gasteiger partial charge in [0.1, 0.15) is 23.5 Å². The number of hydrogen-bond acceptors (Lipinski definition) is 2. The summed E-state index contributed by atoms with van der Waals surface area (Å²) in [4.78, 5) is 17.8.